The maximum absolute atomic E-state index is 12.7. The summed E-state index contributed by atoms with van der Waals surface area (Å²) in [5.74, 6) is -0.0301. The van der Waals surface area contributed by atoms with Crippen LogP contribution >= 0.6 is 11.3 Å². The van der Waals surface area contributed by atoms with E-state index in [4.69, 9.17) is 0 Å². The van der Waals surface area contributed by atoms with Crippen LogP contribution in [0.5, 0.6) is 0 Å². The lowest BCUT2D eigenvalue weighted by molar-refractivity contribution is -0.121. The second-order valence-corrected chi connectivity index (χ2v) is 8.23. The van der Waals surface area contributed by atoms with Gasteiger partial charge in [0.05, 0.1) is 11.4 Å². The standard InChI is InChI=1S/C21H26N4O3S/c1-6-15(16-8-7-11-29-16)23-17(26)10-9-14-12(2)18-19(22-13(14)3)24(4)21(28)25(5)20(18)27/h7-8,11,15H,6,9-10H2,1-5H3,(H,23,26)/t15-/m1/s1. The van der Waals surface area contributed by atoms with E-state index in [2.05, 4.69) is 10.3 Å². The van der Waals surface area contributed by atoms with Crippen molar-refractivity contribution in [3.05, 3.63) is 60.0 Å². The van der Waals surface area contributed by atoms with Crippen LogP contribution < -0.4 is 16.6 Å². The van der Waals surface area contributed by atoms with E-state index < -0.39 is 5.69 Å². The third kappa shape index (κ3) is 3.89. The van der Waals surface area contributed by atoms with E-state index in [-0.39, 0.29) is 17.5 Å². The molecule has 1 amide bonds. The molecule has 3 heterocycles. The molecule has 154 valence electrons. The van der Waals surface area contributed by atoms with Gasteiger partial charge in [-0.15, -0.1) is 11.3 Å². The van der Waals surface area contributed by atoms with Crippen molar-refractivity contribution in [3.63, 3.8) is 0 Å². The van der Waals surface area contributed by atoms with Crippen LogP contribution in [0.4, 0.5) is 0 Å². The number of hydrogen-bond acceptors (Lipinski definition) is 5. The van der Waals surface area contributed by atoms with Crippen molar-refractivity contribution in [2.24, 2.45) is 14.1 Å². The molecule has 29 heavy (non-hydrogen) atoms. The molecule has 0 aromatic carbocycles. The predicted octanol–water partition coefficient (Wildman–Crippen LogP) is 2.51. The molecule has 0 aliphatic carbocycles. The fourth-order valence-corrected chi connectivity index (χ4v) is 4.54. The summed E-state index contributed by atoms with van der Waals surface area (Å²) in [5, 5.41) is 5.53. The molecule has 3 aromatic heterocycles. The summed E-state index contributed by atoms with van der Waals surface area (Å²) in [6.07, 6.45) is 1.62. The quantitative estimate of drug-likeness (QED) is 0.672. The second-order valence-electron chi connectivity index (χ2n) is 7.25. The van der Waals surface area contributed by atoms with Gasteiger partial charge in [0.1, 0.15) is 5.65 Å². The van der Waals surface area contributed by atoms with Crippen molar-refractivity contribution in [1.29, 1.82) is 0 Å². The summed E-state index contributed by atoms with van der Waals surface area (Å²) >= 11 is 1.63. The first-order chi connectivity index (χ1) is 13.8. The Kier molecular flexibility index (Phi) is 6.02. The number of aryl methyl sites for hydroxylation is 3. The summed E-state index contributed by atoms with van der Waals surface area (Å²) in [4.78, 5) is 43.1. The fraction of sp³-hybridized carbons (Fsp3) is 0.429. The Morgan fingerprint density at radius 3 is 2.59 bits per heavy atom. The van der Waals surface area contributed by atoms with Crippen molar-refractivity contribution in [1.82, 2.24) is 19.4 Å². The third-order valence-corrected chi connectivity index (χ3v) is 6.39. The number of thiophene rings is 1. The van der Waals surface area contributed by atoms with Gasteiger partial charge < -0.3 is 5.32 Å². The summed E-state index contributed by atoms with van der Waals surface area (Å²) in [7, 11) is 3.07. The normalized spacial score (nSPS) is 12.3. The van der Waals surface area contributed by atoms with Gasteiger partial charge in [-0.3, -0.25) is 18.7 Å². The Morgan fingerprint density at radius 1 is 1.24 bits per heavy atom. The fourth-order valence-electron chi connectivity index (χ4n) is 3.68. The van der Waals surface area contributed by atoms with E-state index in [1.54, 1.807) is 18.4 Å². The summed E-state index contributed by atoms with van der Waals surface area (Å²) in [6.45, 7) is 5.75. The van der Waals surface area contributed by atoms with Crippen LogP contribution in [-0.2, 0) is 25.3 Å². The largest absolute Gasteiger partial charge is 0.348 e. The maximum Gasteiger partial charge on any atom is 0.332 e. The van der Waals surface area contributed by atoms with Gasteiger partial charge in [-0.05, 0) is 49.3 Å². The molecule has 7 nitrogen and oxygen atoms in total. The van der Waals surface area contributed by atoms with Crippen molar-refractivity contribution >= 4 is 28.3 Å². The highest BCUT2D eigenvalue weighted by Gasteiger charge is 2.18. The van der Waals surface area contributed by atoms with Crippen LogP contribution in [0.2, 0.25) is 0 Å². The molecule has 0 saturated carbocycles. The number of pyridine rings is 1. The van der Waals surface area contributed by atoms with Gasteiger partial charge in [0, 0.05) is 31.1 Å². The molecule has 0 spiro atoms. The zero-order chi connectivity index (χ0) is 21.3. The minimum absolute atomic E-state index is 0.0150. The molecule has 3 aromatic rings. The second kappa shape index (κ2) is 8.32. The Morgan fingerprint density at radius 2 is 1.97 bits per heavy atom. The van der Waals surface area contributed by atoms with Crippen LogP contribution in [-0.4, -0.2) is 20.0 Å². The minimum atomic E-state index is -0.403. The maximum atomic E-state index is 12.7. The van der Waals surface area contributed by atoms with Crippen molar-refractivity contribution in [2.75, 3.05) is 0 Å². The number of carbonyl (C=O) groups is 1. The molecule has 0 radical (unpaired) electrons. The minimum Gasteiger partial charge on any atom is -0.348 e. The van der Waals surface area contributed by atoms with Gasteiger partial charge in [0.2, 0.25) is 5.91 Å². The van der Waals surface area contributed by atoms with Gasteiger partial charge in [-0.25, -0.2) is 9.78 Å². The van der Waals surface area contributed by atoms with Crippen LogP contribution in [0.3, 0.4) is 0 Å². The average molecular weight is 415 g/mol. The number of rotatable bonds is 6. The zero-order valence-electron chi connectivity index (χ0n) is 17.4. The highest BCUT2D eigenvalue weighted by Crippen LogP contribution is 2.23. The lowest BCUT2D eigenvalue weighted by atomic mass is 9.99. The Hall–Kier alpha value is -2.74. The van der Waals surface area contributed by atoms with Crippen LogP contribution in [0.1, 0.15) is 47.5 Å². The summed E-state index contributed by atoms with van der Waals surface area (Å²) in [5.41, 5.74) is 2.01. The molecular formula is C21H26N4O3S. The predicted molar refractivity (Wildman–Crippen MR) is 116 cm³/mol. The molecule has 0 fully saturated rings. The molecule has 0 bridgehead atoms. The van der Waals surface area contributed by atoms with Crippen LogP contribution in [0.15, 0.2) is 27.1 Å². The van der Waals surface area contributed by atoms with E-state index in [1.807, 2.05) is 38.3 Å². The average Bonchev–Trinajstić information content (AvgIpc) is 3.22. The number of carbonyl (C=O) groups excluding carboxylic acids is 1. The molecule has 0 unspecified atom stereocenters. The van der Waals surface area contributed by atoms with Gasteiger partial charge in [0.15, 0.2) is 0 Å². The number of aromatic nitrogens is 3. The molecule has 0 aliphatic heterocycles. The Labute approximate surface area is 173 Å². The van der Waals surface area contributed by atoms with Crippen molar-refractivity contribution in [3.8, 4) is 0 Å². The highest BCUT2D eigenvalue weighted by atomic mass is 32.1. The smallest absolute Gasteiger partial charge is 0.332 e. The number of fused-ring (bicyclic) bond motifs is 1. The van der Waals surface area contributed by atoms with Gasteiger partial charge in [-0.1, -0.05) is 13.0 Å². The van der Waals surface area contributed by atoms with Crippen LogP contribution in [0, 0.1) is 13.8 Å². The molecule has 8 heteroatoms. The van der Waals surface area contributed by atoms with Gasteiger partial charge in [-0.2, -0.15) is 0 Å². The number of nitrogens with zero attached hydrogens (tertiary/aromatic N) is 3. The molecule has 1 atom stereocenters. The number of amides is 1. The van der Waals surface area contributed by atoms with Crippen LogP contribution in [0.25, 0.3) is 11.0 Å². The van der Waals surface area contributed by atoms with Crippen molar-refractivity contribution in [2.45, 2.75) is 46.1 Å². The monoisotopic (exact) mass is 414 g/mol. The summed E-state index contributed by atoms with van der Waals surface area (Å²) < 4.78 is 2.48. The first-order valence-corrected chi connectivity index (χ1v) is 10.5. The first-order valence-electron chi connectivity index (χ1n) is 9.64. The van der Waals surface area contributed by atoms with E-state index in [0.29, 0.717) is 23.9 Å². The van der Waals surface area contributed by atoms with Gasteiger partial charge >= 0.3 is 5.69 Å². The van der Waals surface area contributed by atoms with E-state index in [1.165, 1.54) is 11.6 Å². The number of hydrogen-bond donors (Lipinski definition) is 1. The topological polar surface area (TPSA) is 86.0 Å². The Bertz CT molecular complexity index is 1180. The lowest BCUT2D eigenvalue weighted by Crippen LogP contribution is -2.38. The highest BCUT2D eigenvalue weighted by molar-refractivity contribution is 7.10. The van der Waals surface area contributed by atoms with E-state index in [0.717, 1.165) is 32.7 Å². The van der Waals surface area contributed by atoms with E-state index in [9.17, 15) is 14.4 Å². The molecule has 3 rings (SSSR count). The van der Waals surface area contributed by atoms with E-state index >= 15 is 0 Å². The third-order valence-electron chi connectivity index (χ3n) is 5.40. The molecule has 0 saturated heterocycles. The summed E-state index contributed by atoms with van der Waals surface area (Å²) in [6, 6.07) is 4.03. The van der Waals surface area contributed by atoms with Gasteiger partial charge in [0.25, 0.3) is 5.56 Å². The molecule has 0 aliphatic rings. The zero-order valence-corrected chi connectivity index (χ0v) is 18.2. The molecule has 1 N–H and O–H groups in total. The number of nitrogens with one attached hydrogen (secondary N) is 1. The first kappa shape index (κ1) is 21.0. The van der Waals surface area contributed by atoms with Crippen molar-refractivity contribution < 1.29 is 4.79 Å². The lowest BCUT2D eigenvalue weighted by Gasteiger charge is -2.17. The SMILES string of the molecule is CC[C@@H](NC(=O)CCc1c(C)nc2c(c1C)c(=O)n(C)c(=O)n2C)c1cccs1. The molecular weight excluding hydrogens is 388 g/mol. The Balaban J connectivity index is 1.88.